The average molecular weight is 283 g/mol. The number of amides is 1. The van der Waals surface area contributed by atoms with Crippen LogP contribution in [-0.4, -0.2) is 34.8 Å². The Bertz CT molecular complexity index is 444. The van der Waals surface area contributed by atoms with E-state index in [0.717, 1.165) is 5.56 Å². The highest BCUT2D eigenvalue weighted by Gasteiger charge is 2.20. The molecule has 19 heavy (non-hydrogen) atoms. The summed E-state index contributed by atoms with van der Waals surface area (Å²) in [6.07, 6.45) is 0.428. The van der Waals surface area contributed by atoms with E-state index in [0.29, 0.717) is 24.8 Å². The Hall–Kier alpha value is -1.29. The normalized spacial score (nSPS) is 12.9. The van der Waals surface area contributed by atoms with E-state index >= 15 is 0 Å². The fraction of sp³-hybridized carbons (Fsp3) is 0.462. The standard InChI is InChI=1S/C13H19N2O3P/c1-3-15(4-2)13(16)12(14)9-10-5-7-11(8-6-10)19(17)18/h5-8,12H,3-4,9,14H2,1-2H3/p+1/t12-/m0/s1. The number of carbonyl (C=O) groups excluding carboxylic acids is 1. The predicted octanol–water partition coefficient (Wildman–Crippen LogP) is 0.785. The van der Waals surface area contributed by atoms with Crippen LogP contribution in [0.2, 0.25) is 0 Å². The highest BCUT2D eigenvalue weighted by Crippen LogP contribution is 2.13. The monoisotopic (exact) mass is 283 g/mol. The Morgan fingerprint density at radius 2 is 1.84 bits per heavy atom. The van der Waals surface area contributed by atoms with Gasteiger partial charge in [-0.15, -0.1) is 0 Å². The van der Waals surface area contributed by atoms with E-state index in [1.165, 1.54) is 0 Å². The zero-order chi connectivity index (χ0) is 14.4. The zero-order valence-electron chi connectivity index (χ0n) is 11.2. The number of likely N-dealkylation sites (N-methyl/N-ethyl adjacent to an activating group) is 1. The molecule has 0 fully saturated rings. The van der Waals surface area contributed by atoms with Crippen molar-refractivity contribution in [3.63, 3.8) is 0 Å². The van der Waals surface area contributed by atoms with Crippen molar-refractivity contribution in [3.8, 4) is 0 Å². The molecule has 1 aromatic carbocycles. The van der Waals surface area contributed by atoms with E-state index < -0.39 is 14.1 Å². The third kappa shape index (κ3) is 4.39. The lowest BCUT2D eigenvalue weighted by Gasteiger charge is -2.22. The van der Waals surface area contributed by atoms with Crippen LogP contribution in [0.5, 0.6) is 0 Å². The van der Waals surface area contributed by atoms with Gasteiger partial charge in [-0.2, -0.15) is 4.89 Å². The molecule has 0 bridgehead atoms. The van der Waals surface area contributed by atoms with Crippen molar-refractivity contribution in [3.05, 3.63) is 29.8 Å². The van der Waals surface area contributed by atoms with Gasteiger partial charge in [0.1, 0.15) is 0 Å². The smallest absolute Gasteiger partial charge is 0.342 e. The molecule has 0 aliphatic carbocycles. The minimum atomic E-state index is -2.31. The highest BCUT2D eigenvalue weighted by atomic mass is 31.1. The Morgan fingerprint density at radius 3 is 2.26 bits per heavy atom. The summed E-state index contributed by atoms with van der Waals surface area (Å²) in [6, 6.07) is 6.06. The van der Waals surface area contributed by atoms with E-state index in [-0.39, 0.29) is 5.91 Å². The van der Waals surface area contributed by atoms with E-state index in [2.05, 4.69) is 0 Å². The molecule has 104 valence electrons. The molecule has 0 aromatic heterocycles. The molecule has 6 heteroatoms. The topological polar surface area (TPSA) is 83.6 Å². The van der Waals surface area contributed by atoms with Crippen molar-refractivity contribution >= 4 is 19.2 Å². The van der Waals surface area contributed by atoms with Crippen LogP contribution >= 0.6 is 8.03 Å². The number of nitrogens with two attached hydrogens (primary N) is 1. The van der Waals surface area contributed by atoms with Gasteiger partial charge in [0.05, 0.1) is 6.04 Å². The summed E-state index contributed by atoms with van der Waals surface area (Å²) < 4.78 is 10.9. The molecular formula is C13H20N2O3P+. The summed E-state index contributed by atoms with van der Waals surface area (Å²) in [7, 11) is -2.31. The van der Waals surface area contributed by atoms with Crippen molar-refractivity contribution in [1.29, 1.82) is 0 Å². The maximum absolute atomic E-state index is 12.0. The van der Waals surface area contributed by atoms with E-state index in [1.807, 2.05) is 13.8 Å². The summed E-state index contributed by atoms with van der Waals surface area (Å²) in [5.41, 5.74) is 6.78. The number of hydrogen-bond acceptors (Lipinski definition) is 3. The Kier molecular flexibility index (Phi) is 6.09. The Morgan fingerprint density at radius 1 is 1.32 bits per heavy atom. The minimum absolute atomic E-state index is 0.0673. The van der Waals surface area contributed by atoms with Crippen LogP contribution in [0, 0.1) is 0 Å². The maximum atomic E-state index is 12.0. The van der Waals surface area contributed by atoms with Crippen LogP contribution in [0.25, 0.3) is 0 Å². The molecular weight excluding hydrogens is 263 g/mol. The van der Waals surface area contributed by atoms with Gasteiger partial charge >= 0.3 is 8.03 Å². The number of carbonyl (C=O) groups is 1. The fourth-order valence-electron chi connectivity index (χ4n) is 1.87. The van der Waals surface area contributed by atoms with Gasteiger partial charge in [-0.1, -0.05) is 12.1 Å². The maximum Gasteiger partial charge on any atom is 0.546 e. The van der Waals surface area contributed by atoms with Crippen LogP contribution < -0.4 is 11.0 Å². The molecule has 0 saturated carbocycles. The summed E-state index contributed by atoms with van der Waals surface area (Å²) in [5.74, 6) is -0.0673. The van der Waals surface area contributed by atoms with Crippen molar-refractivity contribution in [2.24, 2.45) is 5.73 Å². The van der Waals surface area contributed by atoms with Crippen molar-refractivity contribution in [2.75, 3.05) is 13.1 Å². The van der Waals surface area contributed by atoms with E-state index in [4.69, 9.17) is 10.6 Å². The molecule has 3 N–H and O–H groups in total. The SMILES string of the molecule is CCN(CC)C(=O)[C@@H](N)Cc1ccc([P+](=O)O)cc1. The molecule has 1 aromatic rings. The van der Waals surface area contributed by atoms with Gasteiger partial charge in [-0.25, -0.2) is 0 Å². The van der Waals surface area contributed by atoms with Gasteiger partial charge in [0.2, 0.25) is 11.2 Å². The lowest BCUT2D eigenvalue weighted by Crippen LogP contribution is -2.44. The first-order valence-corrected chi connectivity index (χ1v) is 7.50. The van der Waals surface area contributed by atoms with Crippen LogP contribution in [0.4, 0.5) is 0 Å². The fourth-order valence-corrected chi connectivity index (χ4v) is 2.27. The molecule has 0 spiro atoms. The van der Waals surface area contributed by atoms with E-state index in [1.54, 1.807) is 29.2 Å². The first-order chi connectivity index (χ1) is 8.99. The largest absolute Gasteiger partial charge is 0.546 e. The third-order valence-electron chi connectivity index (χ3n) is 3.01. The summed E-state index contributed by atoms with van der Waals surface area (Å²) in [6.45, 7) is 5.13. The first kappa shape index (κ1) is 15.8. The molecule has 0 aliphatic heterocycles. The highest BCUT2D eigenvalue weighted by molar-refractivity contribution is 7.47. The van der Waals surface area contributed by atoms with Crippen molar-refractivity contribution in [2.45, 2.75) is 26.3 Å². The van der Waals surface area contributed by atoms with Crippen LogP contribution in [0.1, 0.15) is 19.4 Å². The van der Waals surface area contributed by atoms with Gasteiger partial charge in [-0.05, 0) is 42.5 Å². The second kappa shape index (κ2) is 7.34. The van der Waals surface area contributed by atoms with Gasteiger partial charge in [-0.3, -0.25) is 4.79 Å². The second-order valence-electron chi connectivity index (χ2n) is 4.26. The van der Waals surface area contributed by atoms with E-state index in [9.17, 15) is 9.36 Å². The summed E-state index contributed by atoms with van der Waals surface area (Å²) >= 11 is 0. The van der Waals surface area contributed by atoms with Crippen molar-refractivity contribution < 1.29 is 14.3 Å². The number of nitrogens with zero attached hydrogens (tertiary/aromatic N) is 1. The van der Waals surface area contributed by atoms with Crippen LogP contribution in [0.3, 0.4) is 0 Å². The molecule has 0 radical (unpaired) electrons. The van der Waals surface area contributed by atoms with Crippen LogP contribution in [-0.2, 0) is 15.8 Å². The second-order valence-corrected chi connectivity index (χ2v) is 5.32. The molecule has 0 heterocycles. The van der Waals surface area contributed by atoms with Crippen molar-refractivity contribution in [1.82, 2.24) is 4.90 Å². The third-order valence-corrected chi connectivity index (χ3v) is 3.75. The molecule has 1 amide bonds. The van der Waals surface area contributed by atoms with Gasteiger partial charge < -0.3 is 10.6 Å². The Balaban J connectivity index is 2.68. The number of benzene rings is 1. The number of hydrogen-bond donors (Lipinski definition) is 2. The minimum Gasteiger partial charge on any atom is -0.342 e. The molecule has 1 rings (SSSR count). The Labute approximate surface area is 114 Å². The molecule has 5 nitrogen and oxygen atoms in total. The first-order valence-electron chi connectivity index (χ1n) is 6.29. The molecule has 0 aliphatic rings. The quantitative estimate of drug-likeness (QED) is 0.756. The molecule has 2 atom stereocenters. The number of rotatable bonds is 6. The predicted molar refractivity (Wildman–Crippen MR) is 75.5 cm³/mol. The lowest BCUT2D eigenvalue weighted by atomic mass is 10.1. The summed E-state index contributed by atoms with van der Waals surface area (Å²) in [5, 5.41) is 0.377. The van der Waals surface area contributed by atoms with Gasteiger partial charge in [0.15, 0.2) is 0 Å². The lowest BCUT2D eigenvalue weighted by molar-refractivity contribution is -0.132. The molecule has 0 saturated heterocycles. The van der Waals surface area contributed by atoms with Crippen LogP contribution in [0.15, 0.2) is 24.3 Å². The average Bonchev–Trinajstić information content (AvgIpc) is 2.40. The molecule has 1 unspecified atom stereocenters. The summed E-state index contributed by atoms with van der Waals surface area (Å²) in [4.78, 5) is 22.6. The van der Waals surface area contributed by atoms with Gasteiger partial charge in [0.25, 0.3) is 0 Å². The zero-order valence-corrected chi connectivity index (χ0v) is 12.1. The van der Waals surface area contributed by atoms with Gasteiger partial charge in [0, 0.05) is 13.1 Å².